The van der Waals surface area contributed by atoms with E-state index in [1.165, 1.54) is 12.1 Å². The lowest BCUT2D eigenvalue weighted by atomic mass is 10.2. The van der Waals surface area contributed by atoms with Crippen molar-refractivity contribution in [3.8, 4) is 0 Å². The van der Waals surface area contributed by atoms with Gasteiger partial charge in [0.2, 0.25) is 9.62 Å². The Hall–Kier alpha value is -0.560. The van der Waals surface area contributed by atoms with Gasteiger partial charge < -0.3 is 0 Å². The third-order valence-corrected chi connectivity index (χ3v) is 4.86. The van der Waals surface area contributed by atoms with Crippen molar-refractivity contribution in [3.05, 3.63) is 39.9 Å². The van der Waals surface area contributed by atoms with Gasteiger partial charge in [0.05, 0.1) is 16.6 Å². The minimum absolute atomic E-state index is 0.0398. The predicted octanol–water partition coefficient (Wildman–Crippen LogP) is 3.29. The lowest BCUT2D eigenvalue weighted by Crippen LogP contribution is -1.99. The first-order valence-corrected chi connectivity index (χ1v) is 7.23. The molecular formula is C9H5Cl2FN2OS2. The van der Waals surface area contributed by atoms with Crippen LogP contribution < -0.4 is 0 Å². The molecule has 0 aliphatic rings. The molecule has 3 nitrogen and oxygen atoms in total. The molecular weight excluding hydrogens is 306 g/mol. The first-order chi connectivity index (χ1) is 8.08. The third kappa shape index (κ3) is 3.01. The van der Waals surface area contributed by atoms with Crippen molar-refractivity contribution in [2.75, 3.05) is 0 Å². The highest BCUT2D eigenvalue weighted by Gasteiger charge is 2.15. The second-order valence-electron chi connectivity index (χ2n) is 3.02. The summed E-state index contributed by atoms with van der Waals surface area (Å²) in [5, 5.41) is 0.284. The molecule has 0 radical (unpaired) electrons. The zero-order valence-corrected chi connectivity index (χ0v) is 11.3. The predicted molar refractivity (Wildman–Crippen MR) is 66.4 cm³/mol. The SMILES string of the molecule is O=S(Cc1c(F)cccc1Cl)c1nc(Cl)ns1. The highest BCUT2D eigenvalue weighted by atomic mass is 35.5. The molecule has 90 valence electrons. The Bertz CT molecular complexity index is 556. The van der Waals surface area contributed by atoms with Crippen molar-refractivity contribution >= 4 is 45.5 Å². The van der Waals surface area contributed by atoms with E-state index in [9.17, 15) is 8.60 Å². The average Bonchev–Trinajstić information content (AvgIpc) is 2.70. The van der Waals surface area contributed by atoms with E-state index in [4.69, 9.17) is 23.2 Å². The fourth-order valence-corrected chi connectivity index (χ4v) is 3.56. The number of hydrogen-bond donors (Lipinski definition) is 0. The lowest BCUT2D eigenvalue weighted by molar-refractivity contribution is 0.615. The molecule has 1 heterocycles. The van der Waals surface area contributed by atoms with Gasteiger partial charge in [0.25, 0.3) is 0 Å². The van der Waals surface area contributed by atoms with Crippen LogP contribution in [0.5, 0.6) is 0 Å². The summed E-state index contributed by atoms with van der Waals surface area (Å²) in [5.74, 6) is -0.529. The molecule has 2 rings (SSSR count). The van der Waals surface area contributed by atoms with Gasteiger partial charge in [0, 0.05) is 10.6 Å². The summed E-state index contributed by atoms with van der Waals surface area (Å²) < 4.78 is 29.3. The fraction of sp³-hybridized carbons (Fsp3) is 0.111. The van der Waals surface area contributed by atoms with Crippen LogP contribution in [0.2, 0.25) is 10.3 Å². The summed E-state index contributed by atoms with van der Waals surface area (Å²) in [6, 6.07) is 4.31. The van der Waals surface area contributed by atoms with Crippen LogP contribution in [0.1, 0.15) is 5.56 Å². The number of aromatic nitrogens is 2. The molecule has 1 unspecified atom stereocenters. The molecule has 0 fully saturated rings. The smallest absolute Gasteiger partial charge is 0.235 e. The molecule has 0 N–H and O–H groups in total. The van der Waals surface area contributed by atoms with E-state index in [2.05, 4.69) is 9.36 Å². The van der Waals surface area contributed by atoms with Crippen LogP contribution in [0.15, 0.2) is 22.5 Å². The van der Waals surface area contributed by atoms with Crippen LogP contribution in [-0.2, 0) is 16.6 Å². The molecule has 0 aliphatic carbocycles. The number of benzene rings is 1. The molecule has 1 aromatic heterocycles. The highest BCUT2D eigenvalue weighted by molar-refractivity contribution is 7.86. The molecule has 0 spiro atoms. The molecule has 0 bridgehead atoms. The van der Waals surface area contributed by atoms with Crippen LogP contribution in [0, 0.1) is 5.82 Å². The Morgan fingerprint density at radius 1 is 1.41 bits per heavy atom. The largest absolute Gasteiger partial charge is 0.251 e. The molecule has 0 aliphatic heterocycles. The van der Waals surface area contributed by atoms with E-state index in [-0.39, 0.29) is 26.0 Å². The summed E-state index contributed by atoms with van der Waals surface area (Å²) in [6.45, 7) is 0. The zero-order chi connectivity index (χ0) is 12.4. The van der Waals surface area contributed by atoms with E-state index in [1.807, 2.05) is 0 Å². The number of halogens is 3. The molecule has 1 aromatic carbocycles. The van der Waals surface area contributed by atoms with Crippen molar-refractivity contribution in [2.45, 2.75) is 10.1 Å². The van der Waals surface area contributed by atoms with Gasteiger partial charge in [-0.05, 0) is 35.3 Å². The molecule has 0 amide bonds. The van der Waals surface area contributed by atoms with Crippen LogP contribution in [-0.4, -0.2) is 13.6 Å². The second-order valence-corrected chi connectivity index (χ2v) is 6.14. The van der Waals surface area contributed by atoms with Gasteiger partial charge in [-0.2, -0.15) is 9.36 Å². The van der Waals surface area contributed by atoms with Gasteiger partial charge in [-0.1, -0.05) is 17.7 Å². The molecule has 0 saturated carbocycles. The monoisotopic (exact) mass is 310 g/mol. The highest BCUT2D eigenvalue weighted by Crippen LogP contribution is 2.23. The molecule has 17 heavy (non-hydrogen) atoms. The van der Waals surface area contributed by atoms with Gasteiger partial charge in [-0.3, -0.25) is 4.21 Å². The Balaban J connectivity index is 2.24. The molecule has 2 aromatic rings. The number of hydrogen-bond acceptors (Lipinski definition) is 4. The van der Waals surface area contributed by atoms with E-state index in [0.29, 0.717) is 0 Å². The van der Waals surface area contributed by atoms with Gasteiger partial charge in [0.15, 0.2) is 0 Å². The minimum Gasteiger partial charge on any atom is -0.251 e. The average molecular weight is 311 g/mol. The Morgan fingerprint density at radius 2 is 2.18 bits per heavy atom. The molecule has 1 atom stereocenters. The maximum Gasteiger partial charge on any atom is 0.235 e. The first kappa shape index (κ1) is 12.9. The topological polar surface area (TPSA) is 42.9 Å². The quantitative estimate of drug-likeness (QED) is 0.873. The lowest BCUT2D eigenvalue weighted by Gasteiger charge is -2.03. The Kier molecular flexibility index (Phi) is 4.09. The summed E-state index contributed by atoms with van der Waals surface area (Å²) >= 11 is 12.3. The standard InChI is InChI=1S/C9H5Cl2FN2OS2/c10-6-2-1-3-7(12)5(6)4-17(15)9-13-8(11)14-16-9/h1-3H,4H2. The van der Waals surface area contributed by atoms with Crippen molar-refractivity contribution in [2.24, 2.45) is 0 Å². The normalized spacial score (nSPS) is 12.6. The summed E-state index contributed by atoms with van der Waals surface area (Å²) in [6.07, 6.45) is 0. The Morgan fingerprint density at radius 3 is 2.76 bits per heavy atom. The van der Waals surface area contributed by atoms with E-state index in [1.54, 1.807) is 6.07 Å². The Labute approximate surface area is 113 Å². The van der Waals surface area contributed by atoms with Crippen molar-refractivity contribution in [1.29, 1.82) is 0 Å². The third-order valence-electron chi connectivity index (χ3n) is 1.91. The van der Waals surface area contributed by atoms with Gasteiger partial charge in [-0.15, -0.1) is 0 Å². The summed E-state index contributed by atoms with van der Waals surface area (Å²) in [5.41, 5.74) is 0.207. The van der Waals surface area contributed by atoms with Crippen molar-refractivity contribution in [1.82, 2.24) is 9.36 Å². The summed E-state index contributed by atoms with van der Waals surface area (Å²) in [7, 11) is -1.50. The summed E-state index contributed by atoms with van der Waals surface area (Å²) in [4.78, 5) is 3.77. The van der Waals surface area contributed by atoms with Gasteiger partial charge in [0.1, 0.15) is 5.82 Å². The van der Waals surface area contributed by atoms with Crippen molar-refractivity contribution < 1.29 is 8.60 Å². The number of nitrogens with zero attached hydrogens (tertiary/aromatic N) is 2. The van der Waals surface area contributed by atoms with Gasteiger partial charge >= 0.3 is 0 Å². The minimum atomic E-state index is -1.50. The maximum atomic E-state index is 13.5. The van der Waals surface area contributed by atoms with Crippen molar-refractivity contribution in [3.63, 3.8) is 0 Å². The molecule has 8 heteroatoms. The second kappa shape index (κ2) is 5.39. The van der Waals surface area contributed by atoms with Crippen LogP contribution in [0.25, 0.3) is 0 Å². The van der Waals surface area contributed by atoms with E-state index < -0.39 is 16.6 Å². The first-order valence-electron chi connectivity index (χ1n) is 4.38. The van der Waals surface area contributed by atoms with Crippen LogP contribution in [0.3, 0.4) is 0 Å². The van der Waals surface area contributed by atoms with E-state index >= 15 is 0 Å². The number of rotatable bonds is 3. The van der Waals surface area contributed by atoms with E-state index in [0.717, 1.165) is 11.5 Å². The van der Waals surface area contributed by atoms with Crippen LogP contribution >= 0.6 is 34.7 Å². The zero-order valence-electron chi connectivity index (χ0n) is 8.19. The maximum absolute atomic E-state index is 13.5. The molecule has 0 saturated heterocycles. The fourth-order valence-electron chi connectivity index (χ4n) is 1.15. The van der Waals surface area contributed by atoms with Gasteiger partial charge in [-0.25, -0.2) is 4.39 Å². The van der Waals surface area contributed by atoms with Crippen LogP contribution in [0.4, 0.5) is 4.39 Å².